The van der Waals surface area contributed by atoms with Crippen molar-refractivity contribution < 1.29 is 14.6 Å². The van der Waals surface area contributed by atoms with Gasteiger partial charge in [-0.05, 0) is 24.3 Å². The number of carbonyl (C=O) groups is 1. The fourth-order valence-corrected chi connectivity index (χ4v) is 2.37. The van der Waals surface area contributed by atoms with Crippen LogP contribution in [0.4, 0.5) is 11.5 Å². The van der Waals surface area contributed by atoms with Gasteiger partial charge >= 0.3 is 0 Å². The minimum atomic E-state index is -0.0282. The molecular formula is C16H12ClN3O3. The Morgan fingerprint density at radius 3 is 2.83 bits per heavy atom. The molecule has 116 valence electrons. The van der Waals surface area contributed by atoms with Gasteiger partial charge in [0.1, 0.15) is 12.1 Å². The molecule has 0 amide bonds. The third kappa shape index (κ3) is 2.89. The maximum atomic E-state index is 11.2. The number of anilines is 2. The lowest BCUT2D eigenvalue weighted by molar-refractivity contribution is 0.112. The summed E-state index contributed by atoms with van der Waals surface area (Å²) in [5.41, 5.74) is 1.55. The molecule has 2 N–H and O–H groups in total. The fourth-order valence-electron chi connectivity index (χ4n) is 2.20. The standard InChI is InChI=1S/C16H12ClN3O3/c1-23-15-6-13-11(5-14(15)22)16(19-8-18-13)20-12-4-10(17)3-2-9(12)7-21/h2-8,22H,1H3,(H,18,19,20). The first kappa shape index (κ1) is 15.1. The minimum absolute atomic E-state index is 0.0282. The molecule has 23 heavy (non-hydrogen) atoms. The van der Waals surface area contributed by atoms with Gasteiger partial charge in [0.15, 0.2) is 17.8 Å². The van der Waals surface area contributed by atoms with Crippen LogP contribution in [-0.2, 0) is 0 Å². The largest absolute Gasteiger partial charge is 0.504 e. The number of hydrogen-bond acceptors (Lipinski definition) is 6. The summed E-state index contributed by atoms with van der Waals surface area (Å²) < 4.78 is 5.07. The van der Waals surface area contributed by atoms with Gasteiger partial charge < -0.3 is 15.2 Å². The van der Waals surface area contributed by atoms with Crippen LogP contribution in [0.25, 0.3) is 10.9 Å². The highest BCUT2D eigenvalue weighted by Gasteiger charge is 2.11. The van der Waals surface area contributed by atoms with Gasteiger partial charge in [0.2, 0.25) is 0 Å². The number of phenolic OH excluding ortho intramolecular Hbond substituents is 1. The van der Waals surface area contributed by atoms with Crippen molar-refractivity contribution >= 4 is 40.3 Å². The van der Waals surface area contributed by atoms with E-state index in [9.17, 15) is 9.90 Å². The van der Waals surface area contributed by atoms with Gasteiger partial charge in [-0.15, -0.1) is 0 Å². The number of ether oxygens (including phenoxy) is 1. The van der Waals surface area contributed by atoms with E-state index in [-0.39, 0.29) is 5.75 Å². The molecule has 7 heteroatoms. The van der Waals surface area contributed by atoms with Crippen molar-refractivity contribution in [2.45, 2.75) is 0 Å². The predicted octanol–water partition coefficient (Wildman–Crippen LogP) is 3.55. The normalized spacial score (nSPS) is 10.5. The van der Waals surface area contributed by atoms with Crippen molar-refractivity contribution in [3.05, 3.63) is 47.2 Å². The SMILES string of the molecule is COc1cc2ncnc(Nc3cc(Cl)ccc3C=O)c2cc1O. The summed E-state index contributed by atoms with van der Waals surface area (Å²) in [6.45, 7) is 0. The molecule has 1 heterocycles. The summed E-state index contributed by atoms with van der Waals surface area (Å²) in [6.07, 6.45) is 2.11. The number of rotatable bonds is 4. The Hall–Kier alpha value is -2.86. The van der Waals surface area contributed by atoms with E-state index in [1.54, 1.807) is 24.3 Å². The molecule has 1 aromatic heterocycles. The van der Waals surface area contributed by atoms with E-state index in [1.807, 2.05) is 0 Å². The molecule has 0 fully saturated rings. The highest BCUT2D eigenvalue weighted by Crippen LogP contribution is 2.34. The van der Waals surface area contributed by atoms with Crippen LogP contribution in [0, 0.1) is 0 Å². The zero-order valence-electron chi connectivity index (χ0n) is 12.1. The molecule has 0 aliphatic heterocycles. The van der Waals surface area contributed by atoms with Crippen LogP contribution in [0.1, 0.15) is 10.4 Å². The van der Waals surface area contributed by atoms with Crippen molar-refractivity contribution in [3.63, 3.8) is 0 Å². The van der Waals surface area contributed by atoms with E-state index in [0.717, 1.165) is 6.29 Å². The molecule has 0 saturated carbocycles. The Morgan fingerprint density at radius 1 is 1.26 bits per heavy atom. The Kier molecular flexibility index (Phi) is 3.99. The number of carbonyl (C=O) groups excluding carboxylic acids is 1. The van der Waals surface area contributed by atoms with Crippen LogP contribution >= 0.6 is 11.6 Å². The lowest BCUT2D eigenvalue weighted by Crippen LogP contribution is -1.99. The average molecular weight is 330 g/mol. The van der Waals surface area contributed by atoms with E-state index in [2.05, 4.69) is 15.3 Å². The summed E-state index contributed by atoms with van der Waals surface area (Å²) in [6, 6.07) is 7.98. The molecular weight excluding hydrogens is 318 g/mol. The van der Waals surface area contributed by atoms with Gasteiger partial charge in [-0.2, -0.15) is 0 Å². The third-order valence-electron chi connectivity index (χ3n) is 3.33. The monoisotopic (exact) mass is 329 g/mol. The number of halogens is 1. The summed E-state index contributed by atoms with van der Waals surface area (Å²) in [5.74, 6) is 0.733. The summed E-state index contributed by atoms with van der Waals surface area (Å²) in [5, 5.41) is 14.1. The molecule has 0 aliphatic rings. The quantitative estimate of drug-likeness (QED) is 0.712. The molecule has 0 bridgehead atoms. The summed E-state index contributed by atoms with van der Waals surface area (Å²) in [7, 11) is 1.46. The number of aldehydes is 1. The van der Waals surface area contributed by atoms with Crippen LogP contribution in [0.3, 0.4) is 0 Å². The maximum absolute atomic E-state index is 11.2. The molecule has 0 saturated heterocycles. The molecule has 6 nitrogen and oxygen atoms in total. The van der Waals surface area contributed by atoms with Gasteiger partial charge in [0.05, 0.1) is 18.3 Å². The van der Waals surface area contributed by atoms with Crippen molar-refractivity contribution in [3.8, 4) is 11.5 Å². The molecule has 2 aromatic carbocycles. The van der Waals surface area contributed by atoms with Crippen LogP contribution in [0.5, 0.6) is 11.5 Å². The second-order valence-corrected chi connectivity index (χ2v) is 5.17. The fraction of sp³-hybridized carbons (Fsp3) is 0.0625. The topological polar surface area (TPSA) is 84.3 Å². The number of methoxy groups -OCH3 is 1. The van der Waals surface area contributed by atoms with E-state index in [0.29, 0.717) is 38.7 Å². The lowest BCUT2D eigenvalue weighted by Gasteiger charge is -2.12. The second-order valence-electron chi connectivity index (χ2n) is 4.74. The van der Waals surface area contributed by atoms with Crippen LogP contribution in [-0.4, -0.2) is 28.5 Å². The zero-order chi connectivity index (χ0) is 16.4. The van der Waals surface area contributed by atoms with Gasteiger partial charge in [-0.3, -0.25) is 4.79 Å². The molecule has 0 aliphatic carbocycles. The minimum Gasteiger partial charge on any atom is -0.504 e. The number of benzene rings is 2. The Balaban J connectivity index is 2.12. The van der Waals surface area contributed by atoms with Gasteiger partial charge in [-0.25, -0.2) is 9.97 Å². The first-order chi connectivity index (χ1) is 11.1. The van der Waals surface area contributed by atoms with Crippen molar-refractivity contribution in [1.82, 2.24) is 9.97 Å². The average Bonchev–Trinajstić information content (AvgIpc) is 2.55. The highest BCUT2D eigenvalue weighted by atomic mass is 35.5. The number of fused-ring (bicyclic) bond motifs is 1. The van der Waals surface area contributed by atoms with Crippen molar-refractivity contribution in [2.75, 3.05) is 12.4 Å². The first-order valence-electron chi connectivity index (χ1n) is 6.66. The summed E-state index contributed by atoms with van der Waals surface area (Å²) in [4.78, 5) is 19.5. The number of nitrogens with one attached hydrogen (secondary N) is 1. The Morgan fingerprint density at radius 2 is 2.09 bits per heavy atom. The molecule has 3 aromatic rings. The first-order valence-corrected chi connectivity index (χ1v) is 7.03. The van der Waals surface area contributed by atoms with Gasteiger partial charge in [-0.1, -0.05) is 11.6 Å². The zero-order valence-corrected chi connectivity index (χ0v) is 12.8. The lowest BCUT2D eigenvalue weighted by atomic mass is 10.1. The van der Waals surface area contributed by atoms with Crippen LogP contribution < -0.4 is 10.1 Å². The molecule has 0 spiro atoms. The van der Waals surface area contributed by atoms with E-state index < -0.39 is 0 Å². The number of phenols is 1. The molecule has 0 atom stereocenters. The third-order valence-corrected chi connectivity index (χ3v) is 3.57. The van der Waals surface area contributed by atoms with Crippen molar-refractivity contribution in [2.24, 2.45) is 0 Å². The van der Waals surface area contributed by atoms with Gasteiger partial charge in [0, 0.05) is 22.0 Å². The Bertz CT molecular complexity index is 899. The van der Waals surface area contributed by atoms with E-state index in [4.69, 9.17) is 16.3 Å². The smallest absolute Gasteiger partial charge is 0.162 e. The second kappa shape index (κ2) is 6.10. The summed E-state index contributed by atoms with van der Waals surface area (Å²) >= 11 is 5.98. The van der Waals surface area contributed by atoms with E-state index in [1.165, 1.54) is 19.5 Å². The molecule has 3 rings (SSSR count). The van der Waals surface area contributed by atoms with Crippen LogP contribution in [0.2, 0.25) is 5.02 Å². The van der Waals surface area contributed by atoms with Gasteiger partial charge in [0.25, 0.3) is 0 Å². The Labute approximate surface area is 136 Å². The predicted molar refractivity (Wildman–Crippen MR) is 87.9 cm³/mol. The number of aromatic nitrogens is 2. The van der Waals surface area contributed by atoms with Crippen molar-refractivity contribution in [1.29, 1.82) is 0 Å². The molecule has 0 unspecified atom stereocenters. The number of aromatic hydroxyl groups is 1. The number of nitrogens with zero attached hydrogens (tertiary/aromatic N) is 2. The number of hydrogen-bond donors (Lipinski definition) is 2. The van der Waals surface area contributed by atoms with E-state index >= 15 is 0 Å². The maximum Gasteiger partial charge on any atom is 0.162 e. The molecule has 0 radical (unpaired) electrons. The highest BCUT2D eigenvalue weighted by molar-refractivity contribution is 6.31. The van der Waals surface area contributed by atoms with Crippen LogP contribution in [0.15, 0.2) is 36.7 Å².